The number of anilines is 1. The van der Waals surface area contributed by atoms with E-state index in [1.807, 2.05) is 6.92 Å². The Morgan fingerprint density at radius 2 is 1.98 bits per heavy atom. The zero-order valence-electron chi connectivity index (χ0n) is 23.4. The van der Waals surface area contributed by atoms with Crippen LogP contribution in [-0.2, 0) is 6.42 Å². The van der Waals surface area contributed by atoms with Crippen LogP contribution in [0.1, 0.15) is 67.5 Å². The number of aliphatic hydroxyl groups excluding tert-OH is 1. The SMILES string of the molecule is C[C@@H]1Cc2c([nH]c3ccccc23)[C@H]2c3c(F)cc(NC4CN(CCCF)C4)cc3C3C4CC3[C@@H](CC4[C@@H](C)O)N21. The van der Waals surface area contributed by atoms with Crippen LogP contribution in [0, 0.1) is 23.6 Å². The normalized spacial score (nSPS) is 33.8. The smallest absolute Gasteiger partial charge is 0.130 e. The van der Waals surface area contributed by atoms with Crippen LogP contribution in [0.3, 0.4) is 0 Å². The van der Waals surface area contributed by atoms with Gasteiger partial charge in [-0.2, -0.15) is 0 Å². The van der Waals surface area contributed by atoms with Crippen molar-refractivity contribution < 1.29 is 13.9 Å². The number of likely N-dealkylation sites (tertiary alicyclic amines) is 1. The van der Waals surface area contributed by atoms with Gasteiger partial charge in [0.15, 0.2) is 0 Å². The van der Waals surface area contributed by atoms with Gasteiger partial charge in [0.05, 0.1) is 24.9 Å². The minimum absolute atomic E-state index is 0.122. The number of para-hydroxylation sites is 1. The molecule has 1 aromatic heterocycles. The number of alkyl halides is 1. The molecule has 3 aromatic rings. The molecule has 0 radical (unpaired) electrons. The summed E-state index contributed by atoms with van der Waals surface area (Å²) in [5.41, 5.74) is 6.46. The quantitative estimate of drug-likeness (QED) is 0.377. The number of aromatic nitrogens is 1. The van der Waals surface area contributed by atoms with Gasteiger partial charge in [-0.25, -0.2) is 4.39 Å². The zero-order valence-corrected chi connectivity index (χ0v) is 23.4. The van der Waals surface area contributed by atoms with E-state index >= 15 is 4.39 Å². The Morgan fingerprint density at radius 1 is 1.15 bits per heavy atom. The second kappa shape index (κ2) is 9.27. The molecule has 3 N–H and O–H groups in total. The summed E-state index contributed by atoms with van der Waals surface area (Å²) >= 11 is 0. The standard InChI is InChI=1S/C33H40F2N4O/c1-17-10-24-21-6-3-4-7-28(21)37-32(24)33-31-26(30-23-13-25(30)29(39(17)33)14-22(23)18(2)40)11-19(12-27(31)35)36-20-15-38(16-20)9-5-8-34/h3-4,6-7,11-12,17-18,20,22-23,25,29-30,33,36-37,40H,5,8-10,13-16H2,1-2H3/t17-,18-,22?,23?,25?,29-,30?,33-/m1/s1. The van der Waals surface area contributed by atoms with Crippen molar-refractivity contribution in [1.82, 2.24) is 14.8 Å². The topological polar surface area (TPSA) is 54.5 Å². The van der Waals surface area contributed by atoms with Gasteiger partial charge in [0.2, 0.25) is 0 Å². The summed E-state index contributed by atoms with van der Waals surface area (Å²) in [4.78, 5) is 8.64. The fourth-order valence-corrected chi connectivity index (χ4v) is 9.49. The van der Waals surface area contributed by atoms with Crippen molar-refractivity contribution in [2.45, 2.75) is 75.7 Å². The first-order chi connectivity index (χ1) is 19.4. The molecule has 2 aromatic carbocycles. The molecule has 40 heavy (non-hydrogen) atoms. The largest absolute Gasteiger partial charge is 0.393 e. The van der Waals surface area contributed by atoms with Gasteiger partial charge in [-0.15, -0.1) is 0 Å². The second-order valence-corrected chi connectivity index (χ2v) is 13.4. The highest BCUT2D eigenvalue weighted by Crippen LogP contribution is 2.65. The van der Waals surface area contributed by atoms with Crippen molar-refractivity contribution in [1.29, 1.82) is 0 Å². The average molecular weight is 547 g/mol. The maximum absolute atomic E-state index is 16.6. The van der Waals surface area contributed by atoms with Gasteiger partial charge in [-0.1, -0.05) is 18.2 Å². The molecule has 4 bridgehead atoms. The molecule has 4 unspecified atom stereocenters. The average Bonchev–Trinajstić information content (AvgIpc) is 3.24. The molecule has 4 heterocycles. The molecular formula is C33H40F2N4O. The van der Waals surface area contributed by atoms with Gasteiger partial charge >= 0.3 is 0 Å². The van der Waals surface area contributed by atoms with Crippen LogP contribution in [0.15, 0.2) is 36.4 Å². The molecule has 3 saturated carbocycles. The number of fused-ring (bicyclic) bond motifs is 8. The van der Waals surface area contributed by atoms with Crippen molar-refractivity contribution in [3.63, 3.8) is 0 Å². The fourth-order valence-electron chi connectivity index (χ4n) is 9.49. The number of hydrogen-bond acceptors (Lipinski definition) is 4. The van der Waals surface area contributed by atoms with Gasteiger partial charge in [0, 0.05) is 59.6 Å². The highest BCUT2D eigenvalue weighted by atomic mass is 19.1. The van der Waals surface area contributed by atoms with Crippen LogP contribution >= 0.6 is 0 Å². The monoisotopic (exact) mass is 546 g/mol. The number of nitrogens with one attached hydrogen (secondary N) is 2. The minimum Gasteiger partial charge on any atom is -0.393 e. The first-order valence-electron chi connectivity index (χ1n) is 15.4. The summed E-state index contributed by atoms with van der Waals surface area (Å²) < 4.78 is 29.2. The van der Waals surface area contributed by atoms with Crippen LogP contribution in [-0.4, -0.2) is 70.4 Å². The predicted molar refractivity (Wildman–Crippen MR) is 154 cm³/mol. The van der Waals surface area contributed by atoms with Gasteiger partial charge < -0.3 is 15.4 Å². The number of aliphatic hydroxyl groups is 1. The lowest BCUT2D eigenvalue weighted by atomic mass is 9.48. The summed E-state index contributed by atoms with van der Waals surface area (Å²) in [7, 11) is 0. The number of rotatable bonds is 6. The van der Waals surface area contributed by atoms with Gasteiger partial charge in [-0.05, 0) is 92.5 Å². The van der Waals surface area contributed by atoms with E-state index in [-0.39, 0.29) is 48.6 Å². The number of H-pyrrole nitrogens is 1. The molecule has 8 atom stereocenters. The summed E-state index contributed by atoms with van der Waals surface area (Å²) in [5, 5.41) is 15.8. The van der Waals surface area contributed by atoms with E-state index in [0.717, 1.165) is 66.9 Å². The fraction of sp³-hybridized carbons (Fsp3) is 0.576. The summed E-state index contributed by atoms with van der Waals surface area (Å²) in [5.74, 6) is 1.28. The maximum atomic E-state index is 16.6. The van der Waals surface area contributed by atoms with Crippen molar-refractivity contribution in [3.05, 3.63) is 64.6 Å². The molecule has 0 spiro atoms. The van der Waals surface area contributed by atoms with E-state index in [0.29, 0.717) is 24.3 Å². The molecule has 6 aliphatic rings. The van der Waals surface area contributed by atoms with Crippen LogP contribution in [0.25, 0.3) is 10.9 Å². The Balaban J connectivity index is 1.25. The lowest BCUT2D eigenvalue weighted by Crippen LogP contribution is -2.60. The first kappa shape index (κ1) is 25.2. The van der Waals surface area contributed by atoms with Crippen molar-refractivity contribution in [2.24, 2.45) is 17.8 Å². The third-order valence-corrected chi connectivity index (χ3v) is 11.2. The summed E-state index contributed by atoms with van der Waals surface area (Å²) in [6.45, 7) is 6.50. The molecule has 0 amide bonds. The number of benzene rings is 2. The zero-order chi connectivity index (χ0) is 27.3. The van der Waals surface area contributed by atoms with E-state index in [1.54, 1.807) is 6.07 Å². The van der Waals surface area contributed by atoms with Gasteiger partial charge in [0.1, 0.15) is 5.82 Å². The number of hydrogen-bond donors (Lipinski definition) is 3. The molecule has 3 aliphatic carbocycles. The van der Waals surface area contributed by atoms with E-state index in [9.17, 15) is 9.50 Å². The number of halogens is 2. The Hall–Kier alpha value is -2.48. The molecule has 7 heteroatoms. The Bertz CT molecular complexity index is 1450. The number of nitrogens with zero attached hydrogens (tertiary/aromatic N) is 2. The van der Waals surface area contributed by atoms with Crippen molar-refractivity contribution in [3.8, 4) is 0 Å². The molecule has 212 valence electrons. The summed E-state index contributed by atoms with van der Waals surface area (Å²) in [6, 6.07) is 13.2. The molecule has 4 fully saturated rings. The van der Waals surface area contributed by atoms with Crippen LogP contribution in [0.2, 0.25) is 0 Å². The Labute approximate surface area is 234 Å². The third kappa shape index (κ3) is 3.59. The van der Waals surface area contributed by atoms with Crippen molar-refractivity contribution >= 4 is 16.6 Å². The van der Waals surface area contributed by atoms with Crippen LogP contribution in [0.5, 0.6) is 0 Å². The molecular weight excluding hydrogens is 506 g/mol. The second-order valence-electron chi connectivity index (χ2n) is 13.4. The van der Waals surface area contributed by atoms with Crippen LogP contribution in [0.4, 0.5) is 14.5 Å². The summed E-state index contributed by atoms with van der Waals surface area (Å²) in [6.07, 6.45) is 3.26. The van der Waals surface area contributed by atoms with Gasteiger partial charge in [-0.3, -0.25) is 14.2 Å². The molecule has 3 aliphatic heterocycles. The first-order valence-corrected chi connectivity index (χ1v) is 15.4. The molecule has 9 rings (SSSR count). The van der Waals surface area contributed by atoms with Crippen LogP contribution < -0.4 is 5.32 Å². The maximum Gasteiger partial charge on any atom is 0.130 e. The van der Waals surface area contributed by atoms with Crippen molar-refractivity contribution in [2.75, 3.05) is 31.6 Å². The van der Waals surface area contributed by atoms with E-state index in [2.05, 4.69) is 57.4 Å². The highest BCUT2D eigenvalue weighted by molar-refractivity contribution is 5.85. The minimum atomic E-state index is -0.364. The molecule has 5 nitrogen and oxygen atoms in total. The Morgan fingerprint density at radius 3 is 2.77 bits per heavy atom. The Kier molecular flexibility index (Phi) is 5.85. The third-order valence-electron chi connectivity index (χ3n) is 11.2. The number of aromatic amines is 1. The molecule has 1 saturated heterocycles. The highest BCUT2D eigenvalue weighted by Gasteiger charge is 2.61. The predicted octanol–water partition coefficient (Wildman–Crippen LogP) is 5.60. The van der Waals surface area contributed by atoms with E-state index in [1.165, 1.54) is 10.9 Å². The van der Waals surface area contributed by atoms with E-state index < -0.39 is 0 Å². The lowest BCUT2D eigenvalue weighted by Gasteiger charge is -2.60. The van der Waals surface area contributed by atoms with Gasteiger partial charge in [0.25, 0.3) is 0 Å². The lowest BCUT2D eigenvalue weighted by molar-refractivity contribution is -0.107. The van der Waals surface area contributed by atoms with E-state index in [4.69, 9.17) is 0 Å².